The van der Waals surface area contributed by atoms with Crippen molar-refractivity contribution in [3.05, 3.63) is 83.2 Å². The Morgan fingerprint density at radius 2 is 1.87 bits per heavy atom. The molecule has 0 amide bonds. The highest BCUT2D eigenvalue weighted by Gasteiger charge is 2.29. The number of rotatable bonds is 7. The molecule has 4 rings (SSSR count). The summed E-state index contributed by atoms with van der Waals surface area (Å²) in [4.78, 5) is 4.29. The highest BCUT2D eigenvalue weighted by atomic mass is 35.5. The molecule has 0 spiro atoms. The van der Waals surface area contributed by atoms with Crippen LogP contribution < -0.4 is 9.04 Å². The molecule has 0 saturated carbocycles. The summed E-state index contributed by atoms with van der Waals surface area (Å²) in [7, 11) is -2.35. The number of anilines is 1. The lowest BCUT2D eigenvalue weighted by Gasteiger charge is -2.24. The van der Waals surface area contributed by atoms with Gasteiger partial charge in [-0.2, -0.15) is 0 Å². The van der Waals surface area contributed by atoms with Crippen molar-refractivity contribution < 1.29 is 17.6 Å². The first-order chi connectivity index (χ1) is 14.5. The SMILES string of the molecule is COc1ccccc1N(Cc1ncc(-c2ccc(Cl)cc2)o1)S(=O)(=O)c1cccs1. The lowest BCUT2D eigenvalue weighted by molar-refractivity contribution is 0.414. The van der Waals surface area contributed by atoms with Crippen molar-refractivity contribution in [2.45, 2.75) is 10.8 Å². The van der Waals surface area contributed by atoms with E-state index in [1.54, 1.807) is 60.1 Å². The van der Waals surface area contributed by atoms with Crippen LogP contribution in [0.5, 0.6) is 5.75 Å². The zero-order valence-corrected chi connectivity index (χ0v) is 18.2. The van der Waals surface area contributed by atoms with Gasteiger partial charge in [0.15, 0.2) is 5.76 Å². The first kappa shape index (κ1) is 20.5. The molecule has 0 saturated heterocycles. The molecule has 0 aliphatic carbocycles. The van der Waals surface area contributed by atoms with Crippen molar-refractivity contribution in [2.24, 2.45) is 0 Å². The molecule has 154 valence electrons. The molecule has 0 radical (unpaired) electrons. The van der Waals surface area contributed by atoms with Crippen LogP contribution in [0.4, 0.5) is 5.69 Å². The largest absolute Gasteiger partial charge is 0.495 e. The Labute approximate surface area is 183 Å². The van der Waals surface area contributed by atoms with Crippen LogP contribution in [0.15, 0.2) is 80.9 Å². The summed E-state index contributed by atoms with van der Waals surface area (Å²) in [6.07, 6.45) is 1.57. The molecule has 0 aliphatic rings. The number of benzene rings is 2. The maximum atomic E-state index is 13.4. The molecule has 2 heterocycles. The van der Waals surface area contributed by atoms with E-state index in [2.05, 4.69) is 4.98 Å². The van der Waals surface area contributed by atoms with Gasteiger partial charge in [0.1, 0.15) is 16.5 Å². The summed E-state index contributed by atoms with van der Waals surface area (Å²) < 4.78 is 39.5. The molecule has 0 atom stereocenters. The fourth-order valence-electron chi connectivity index (χ4n) is 2.91. The van der Waals surface area contributed by atoms with Crippen LogP contribution in [0.25, 0.3) is 11.3 Å². The molecule has 9 heteroatoms. The third-order valence-corrected chi connectivity index (χ3v) is 7.74. The Kier molecular flexibility index (Phi) is 5.80. The Morgan fingerprint density at radius 3 is 2.57 bits per heavy atom. The monoisotopic (exact) mass is 460 g/mol. The van der Waals surface area contributed by atoms with Gasteiger partial charge in [-0.1, -0.05) is 29.8 Å². The summed E-state index contributed by atoms with van der Waals surface area (Å²) in [6, 6.07) is 17.3. The molecular weight excluding hydrogens is 444 g/mol. The van der Waals surface area contributed by atoms with Gasteiger partial charge in [0.05, 0.1) is 19.0 Å². The molecule has 0 aliphatic heterocycles. The number of halogens is 1. The minimum atomic E-state index is -3.85. The second kappa shape index (κ2) is 8.51. The van der Waals surface area contributed by atoms with Crippen LogP contribution in [0.2, 0.25) is 5.02 Å². The van der Waals surface area contributed by atoms with E-state index in [4.69, 9.17) is 20.8 Å². The molecule has 2 aromatic heterocycles. The van der Waals surface area contributed by atoms with Crippen LogP contribution in [0.3, 0.4) is 0 Å². The summed E-state index contributed by atoms with van der Waals surface area (Å²) in [5, 5.41) is 2.33. The molecule has 0 fully saturated rings. The van der Waals surface area contributed by atoms with E-state index in [0.717, 1.165) is 16.9 Å². The number of oxazole rings is 1. The van der Waals surface area contributed by atoms with Gasteiger partial charge in [-0.25, -0.2) is 13.4 Å². The molecular formula is C21H17ClN2O4S2. The number of sulfonamides is 1. The third kappa shape index (κ3) is 4.07. The van der Waals surface area contributed by atoms with Gasteiger partial charge in [-0.3, -0.25) is 4.31 Å². The van der Waals surface area contributed by atoms with Gasteiger partial charge in [0.2, 0.25) is 5.89 Å². The molecule has 0 N–H and O–H groups in total. The van der Waals surface area contributed by atoms with Gasteiger partial charge >= 0.3 is 0 Å². The molecule has 4 aromatic rings. The number of aromatic nitrogens is 1. The standard InChI is InChI=1S/C21H17ClN2O4S2/c1-27-18-6-3-2-5-17(18)24(30(25,26)21-7-4-12-29-21)14-20-23-13-19(28-20)15-8-10-16(22)11-9-15/h2-13H,14H2,1H3. The van der Waals surface area contributed by atoms with Gasteiger partial charge in [-0.15, -0.1) is 11.3 Å². The maximum Gasteiger partial charge on any atom is 0.274 e. The molecule has 2 aromatic carbocycles. The minimum Gasteiger partial charge on any atom is -0.495 e. The lowest BCUT2D eigenvalue weighted by Crippen LogP contribution is -2.30. The number of ether oxygens (including phenoxy) is 1. The highest BCUT2D eigenvalue weighted by molar-refractivity contribution is 7.94. The third-order valence-electron chi connectivity index (χ3n) is 4.35. The molecule has 0 unspecified atom stereocenters. The number of thiophene rings is 1. The summed E-state index contributed by atoms with van der Waals surface area (Å²) >= 11 is 7.08. The fourth-order valence-corrected chi connectivity index (χ4v) is 5.56. The quantitative estimate of drug-likeness (QED) is 0.366. The number of hydrogen-bond donors (Lipinski definition) is 0. The van der Waals surface area contributed by atoms with E-state index >= 15 is 0 Å². The maximum absolute atomic E-state index is 13.4. The first-order valence-electron chi connectivity index (χ1n) is 8.89. The molecule has 0 bridgehead atoms. The summed E-state index contributed by atoms with van der Waals surface area (Å²) in [5.41, 5.74) is 1.20. The van der Waals surface area contributed by atoms with E-state index in [-0.39, 0.29) is 16.6 Å². The van der Waals surface area contributed by atoms with Crippen molar-refractivity contribution in [3.8, 4) is 17.1 Å². The van der Waals surface area contributed by atoms with Gasteiger partial charge in [0, 0.05) is 10.6 Å². The van der Waals surface area contributed by atoms with Crippen molar-refractivity contribution in [2.75, 3.05) is 11.4 Å². The average Bonchev–Trinajstić information content (AvgIpc) is 3.45. The minimum absolute atomic E-state index is 0.0891. The van der Waals surface area contributed by atoms with Gasteiger partial charge in [0.25, 0.3) is 10.0 Å². The molecule has 6 nitrogen and oxygen atoms in total. The number of methoxy groups -OCH3 is 1. The topological polar surface area (TPSA) is 72.6 Å². The van der Waals surface area contributed by atoms with E-state index in [9.17, 15) is 8.42 Å². The zero-order valence-electron chi connectivity index (χ0n) is 15.9. The Morgan fingerprint density at radius 1 is 1.10 bits per heavy atom. The summed E-state index contributed by atoms with van der Waals surface area (Å²) in [5.74, 6) is 1.21. The fraction of sp³-hybridized carbons (Fsp3) is 0.0952. The van der Waals surface area contributed by atoms with Crippen LogP contribution in [0.1, 0.15) is 5.89 Å². The smallest absolute Gasteiger partial charge is 0.274 e. The van der Waals surface area contributed by atoms with E-state index in [1.807, 2.05) is 12.1 Å². The lowest BCUT2D eigenvalue weighted by atomic mass is 10.2. The van der Waals surface area contributed by atoms with E-state index in [1.165, 1.54) is 11.4 Å². The van der Waals surface area contributed by atoms with Crippen molar-refractivity contribution in [1.29, 1.82) is 0 Å². The highest BCUT2D eigenvalue weighted by Crippen LogP contribution is 2.35. The second-order valence-electron chi connectivity index (χ2n) is 6.24. The summed E-state index contributed by atoms with van der Waals surface area (Å²) in [6.45, 7) is -0.0891. The zero-order chi connectivity index (χ0) is 21.1. The Balaban J connectivity index is 1.73. The van der Waals surface area contributed by atoms with E-state index in [0.29, 0.717) is 22.2 Å². The first-order valence-corrected chi connectivity index (χ1v) is 11.6. The van der Waals surface area contributed by atoms with E-state index < -0.39 is 10.0 Å². The van der Waals surface area contributed by atoms with Crippen LogP contribution >= 0.6 is 22.9 Å². The van der Waals surface area contributed by atoms with Gasteiger partial charge in [-0.05, 0) is 47.8 Å². The number of hydrogen-bond acceptors (Lipinski definition) is 6. The van der Waals surface area contributed by atoms with Crippen molar-refractivity contribution in [1.82, 2.24) is 4.98 Å². The van der Waals surface area contributed by atoms with Crippen molar-refractivity contribution >= 4 is 38.6 Å². The average molecular weight is 461 g/mol. The van der Waals surface area contributed by atoms with Gasteiger partial charge < -0.3 is 9.15 Å². The van der Waals surface area contributed by atoms with Crippen LogP contribution in [-0.4, -0.2) is 20.5 Å². The van der Waals surface area contributed by atoms with Crippen LogP contribution in [-0.2, 0) is 16.6 Å². The number of nitrogens with zero attached hydrogens (tertiary/aromatic N) is 2. The predicted octanol–water partition coefficient (Wildman–Crippen LogP) is 5.46. The Hall–Kier alpha value is -2.81. The Bertz CT molecular complexity index is 1240. The molecule has 30 heavy (non-hydrogen) atoms. The second-order valence-corrected chi connectivity index (χ2v) is 9.71. The van der Waals surface area contributed by atoms with Crippen LogP contribution in [0, 0.1) is 0 Å². The van der Waals surface area contributed by atoms with Crippen molar-refractivity contribution in [3.63, 3.8) is 0 Å². The normalized spacial score (nSPS) is 11.4. The number of para-hydroxylation sites is 2. The predicted molar refractivity (Wildman–Crippen MR) is 118 cm³/mol.